The van der Waals surface area contributed by atoms with E-state index < -0.39 is 0 Å². The molecular weight excluding hydrogens is 200 g/mol. The van der Waals surface area contributed by atoms with Gasteiger partial charge in [0.2, 0.25) is 0 Å². The predicted molar refractivity (Wildman–Crippen MR) is 66.6 cm³/mol. The molecule has 0 aromatic heterocycles. The summed E-state index contributed by atoms with van der Waals surface area (Å²) in [6.45, 7) is 6.89. The second kappa shape index (κ2) is 6.38. The van der Waals surface area contributed by atoms with Crippen molar-refractivity contribution >= 4 is 0 Å². The van der Waals surface area contributed by atoms with Crippen LogP contribution in [0.1, 0.15) is 19.3 Å². The summed E-state index contributed by atoms with van der Waals surface area (Å²) in [6, 6.07) is 0. The summed E-state index contributed by atoms with van der Waals surface area (Å²) in [5.41, 5.74) is 1.47. The van der Waals surface area contributed by atoms with Crippen LogP contribution in [-0.4, -0.2) is 51.3 Å². The van der Waals surface area contributed by atoms with Gasteiger partial charge in [-0.1, -0.05) is 6.08 Å². The Morgan fingerprint density at radius 1 is 1.56 bits per heavy atom. The molecule has 3 nitrogen and oxygen atoms in total. The molecule has 1 fully saturated rings. The molecule has 0 bridgehead atoms. The fourth-order valence-corrected chi connectivity index (χ4v) is 2.60. The van der Waals surface area contributed by atoms with Gasteiger partial charge in [0.25, 0.3) is 0 Å². The second-order valence-electron chi connectivity index (χ2n) is 4.99. The number of hydrogen-bond donors (Lipinski definition) is 1. The molecule has 0 aromatic rings. The van der Waals surface area contributed by atoms with Crippen LogP contribution in [0.25, 0.3) is 0 Å². The molecule has 92 valence electrons. The Hall–Kier alpha value is -0.380. The van der Waals surface area contributed by atoms with Crippen LogP contribution in [0.2, 0.25) is 0 Å². The highest BCUT2D eigenvalue weighted by Gasteiger charge is 2.17. The smallest absolute Gasteiger partial charge is 0.0673 e. The van der Waals surface area contributed by atoms with Crippen molar-refractivity contribution < 1.29 is 4.74 Å². The highest BCUT2D eigenvalue weighted by atomic mass is 16.5. The van der Waals surface area contributed by atoms with Crippen LogP contribution in [-0.2, 0) is 4.74 Å². The van der Waals surface area contributed by atoms with Crippen molar-refractivity contribution in [2.45, 2.75) is 19.3 Å². The van der Waals surface area contributed by atoms with E-state index in [4.69, 9.17) is 4.74 Å². The number of methoxy groups -OCH3 is 1. The Labute approximate surface area is 98.8 Å². The molecular formula is C13H24N2O. The summed E-state index contributed by atoms with van der Waals surface area (Å²) < 4.78 is 5.16. The van der Waals surface area contributed by atoms with Gasteiger partial charge in [0.1, 0.15) is 0 Å². The van der Waals surface area contributed by atoms with Crippen LogP contribution >= 0.6 is 0 Å². The van der Waals surface area contributed by atoms with Crippen LogP contribution in [0, 0.1) is 5.92 Å². The third-order valence-electron chi connectivity index (χ3n) is 3.73. The Balaban J connectivity index is 1.64. The van der Waals surface area contributed by atoms with Crippen molar-refractivity contribution in [1.29, 1.82) is 0 Å². The number of ether oxygens (including phenoxy) is 1. The van der Waals surface area contributed by atoms with Gasteiger partial charge in [0.15, 0.2) is 0 Å². The van der Waals surface area contributed by atoms with Crippen LogP contribution in [0.4, 0.5) is 0 Å². The molecule has 2 aliphatic rings. The van der Waals surface area contributed by atoms with E-state index in [0.717, 1.165) is 19.1 Å². The first kappa shape index (κ1) is 12.1. The molecule has 2 heterocycles. The Kier molecular flexibility index (Phi) is 4.82. The summed E-state index contributed by atoms with van der Waals surface area (Å²) in [4.78, 5) is 2.57. The Morgan fingerprint density at radius 3 is 3.12 bits per heavy atom. The lowest BCUT2D eigenvalue weighted by atomic mass is 10.0. The van der Waals surface area contributed by atoms with Gasteiger partial charge in [-0.3, -0.25) is 4.90 Å². The molecule has 1 atom stereocenters. The fraction of sp³-hybridized carbons (Fsp3) is 0.846. The molecule has 0 radical (unpaired) electrons. The van der Waals surface area contributed by atoms with E-state index in [1.165, 1.54) is 51.0 Å². The van der Waals surface area contributed by atoms with E-state index in [0.29, 0.717) is 0 Å². The molecule has 3 heteroatoms. The Bertz CT molecular complexity index is 234. The number of hydrogen-bond acceptors (Lipinski definition) is 3. The molecule has 1 N–H and O–H groups in total. The topological polar surface area (TPSA) is 24.5 Å². The predicted octanol–water partition coefficient (Wildman–Crippen LogP) is 1.26. The molecule has 0 aliphatic carbocycles. The first-order chi connectivity index (χ1) is 7.88. The maximum Gasteiger partial charge on any atom is 0.0673 e. The third-order valence-corrected chi connectivity index (χ3v) is 3.73. The minimum atomic E-state index is 0.820. The maximum atomic E-state index is 5.16. The standard InChI is InChI=1S/C13H24N2O/c1-16-11-13-4-8-15(9-5-13)7-3-12-2-6-14-10-12/h4,12,14H,2-3,5-11H2,1H3. The lowest BCUT2D eigenvalue weighted by Gasteiger charge is -2.27. The van der Waals surface area contributed by atoms with Gasteiger partial charge in [-0.15, -0.1) is 0 Å². The largest absolute Gasteiger partial charge is 0.380 e. The third kappa shape index (κ3) is 3.58. The van der Waals surface area contributed by atoms with E-state index in [1.807, 2.05) is 0 Å². The molecule has 0 amide bonds. The zero-order valence-corrected chi connectivity index (χ0v) is 10.4. The monoisotopic (exact) mass is 224 g/mol. The van der Waals surface area contributed by atoms with Crippen LogP contribution in [0.3, 0.4) is 0 Å². The number of nitrogens with zero attached hydrogens (tertiary/aromatic N) is 1. The van der Waals surface area contributed by atoms with E-state index >= 15 is 0 Å². The number of nitrogens with one attached hydrogen (secondary N) is 1. The van der Waals surface area contributed by atoms with Gasteiger partial charge in [0.05, 0.1) is 6.61 Å². The van der Waals surface area contributed by atoms with Crippen molar-refractivity contribution in [3.63, 3.8) is 0 Å². The van der Waals surface area contributed by atoms with Crippen LogP contribution in [0.15, 0.2) is 11.6 Å². The van der Waals surface area contributed by atoms with Gasteiger partial charge in [-0.05, 0) is 50.4 Å². The molecule has 0 aromatic carbocycles. The van der Waals surface area contributed by atoms with Gasteiger partial charge in [-0.25, -0.2) is 0 Å². The summed E-state index contributed by atoms with van der Waals surface area (Å²) in [6.07, 6.45) is 6.27. The number of rotatable bonds is 5. The molecule has 1 saturated heterocycles. The van der Waals surface area contributed by atoms with Gasteiger partial charge >= 0.3 is 0 Å². The summed E-state index contributed by atoms with van der Waals surface area (Å²) in [5.74, 6) is 0.921. The van der Waals surface area contributed by atoms with Crippen molar-refractivity contribution in [2.24, 2.45) is 5.92 Å². The van der Waals surface area contributed by atoms with Gasteiger partial charge in [-0.2, -0.15) is 0 Å². The average Bonchev–Trinajstić information content (AvgIpc) is 2.82. The molecule has 2 rings (SSSR count). The van der Waals surface area contributed by atoms with Crippen molar-refractivity contribution in [1.82, 2.24) is 10.2 Å². The first-order valence-corrected chi connectivity index (χ1v) is 6.48. The van der Waals surface area contributed by atoms with Crippen molar-refractivity contribution in [3.05, 3.63) is 11.6 Å². The lowest BCUT2D eigenvalue weighted by Crippen LogP contribution is -2.31. The highest BCUT2D eigenvalue weighted by molar-refractivity contribution is 5.07. The van der Waals surface area contributed by atoms with Crippen LogP contribution < -0.4 is 5.32 Å². The van der Waals surface area contributed by atoms with E-state index in [9.17, 15) is 0 Å². The summed E-state index contributed by atoms with van der Waals surface area (Å²) in [7, 11) is 1.78. The molecule has 1 unspecified atom stereocenters. The van der Waals surface area contributed by atoms with Crippen molar-refractivity contribution in [2.75, 3.05) is 46.4 Å². The van der Waals surface area contributed by atoms with E-state index in [2.05, 4.69) is 16.3 Å². The zero-order chi connectivity index (χ0) is 11.2. The SMILES string of the molecule is COCC1=CCN(CCC2CCNC2)CC1. The quantitative estimate of drug-likeness (QED) is 0.712. The summed E-state index contributed by atoms with van der Waals surface area (Å²) >= 11 is 0. The van der Waals surface area contributed by atoms with Crippen molar-refractivity contribution in [3.8, 4) is 0 Å². The van der Waals surface area contributed by atoms with Gasteiger partial charge < -0.3 is 10.1 Å². The first-order valence-electron chi connectivity index (χ1n) is 6.48. The van der Waals surface area contributed by atoms with Gasteiger partial charge in [0, 0.05) is 20.2 Å². The molecule has 2 aliphatic heterocycles. The minimum absolute atomic E-state index is 0.820. The fourth-order valence-electron chi connectivity index (χ4n) is 2.60. The molecule has 0 spiro atoms. The Morgan fingerprint density at radius 2 is 2.50 bits per heavy atom. The van der Waals surface area contributed by atoms with Crippen LogP contribution in [0.5, 0.6) is 0 Å². The average molecular weight is 224 g/mol. The minimum Gasteiger partial charge on any atom is -0.380 e. The molecule has 0 saturated carbocycles. The lowest BCUT2D eigenvalue weighted by molar-refractivity contribution is 0.209. The second-order valence-corrected chi connectivity index (χ2v) is 4.99. The van der Waals surface area contributed by atoms with E-state index in [1.54, 1.807) is 7.11 Å². The summed E-state index contributed by atoms with van der Waals surface area (Å²) in [5, 5.41) is 3.44. The molecule has 16 heavy (non-hydrogen) atoms. The highest BCUT2D eigenvalue weighted by Crippen LogP contribution is 2.15. The normalized spacial score (nSPS) is 27.1. The maximum absolute atomic E-state index is 5.16. The van der Waals surface area contributed by atoms with E-state index in [-0.39, 0.29) is 0 Å². The zero-order valence-electron chi connectivity index (χ0n) is 10.4.